The molecule has 2 N–H and O–H groups in total. The van der Waals surface area contributed by atoms with E-state index in [4.69, 9.17) is 17.5 Å². The number of nitrogens with zero attached hydrogens (tertiary/aromatic N) is 2. The van der Waals surface area contributed by atoms with Crippen molar-refractivity contribution in [2.75, 3.05) is 6.54 Å². The lowest BCUT2D eigenvalue weighted by Gasteiger charge is -2.23. The highest BCUT2D eigenvalue weighted by atomic mass is 35.5. The average molecular weight is 460 g/mol. The number of likely N-dealkylation sites (tertiary alicyclic amines) is 1. The number of rotatable bonds is 12. The molecule has 2 aliphatic rings. The van der Waals surface area contributed by atoms with Gasteiger partial charge in [0.05, 0.1) is 6.04 Å². The fraction of sp³-hybridized carbons (Fsp3) is 0.704. The van der Waals surface area contributed by atoms with Crippen molar-refractivity contribution in [3.8, 4) is 0 Å². The largest absolute Gasteiger partial charge is 0.384 e. The molecule has 0 bridgehead atoms. The minimum atomic E-state index is -0.174. The van der Waals surface area contributed by atoms with Gasteiger partial charge in [-0.3, -0.25) is 4.79 Å². The molecule has 1 saturated carbocycles. The molecule has 1 aromatic rings. The number of hydrogen-bond donors (Lipinski definition) is 1. The summed E-state index contributed by atoms with van der Waals surface area (Å²) in [5, 5.41) is 0. The topological polar surface area (TPSA) is 58.7 Å². The van der Waals surface area contributed by atoms with Gasteiger partial charge in [-0.05, 0) is 49.3 Å². The second-order valence-electron chi connectivity index (χ2n) is 9.88. The van der Waals surface area contributed by atoms with Gasteiger partial charge < -0.3 is 10.6 Å². The lowest BCUT2D eigenvalue weighted by atomic mass is 9.85. The lowest BCUT2D eigenvalue weighted by Crippen LogP contribution is -2.43. The van der Waals surface area contributed by atoms with Gasteiger partial charge in [-0.2, -0.15) is 4.51 Å². The first-order valence-electron chi connectivity index (χ1n) is 13.0. The molecule has 0 unspecified atom stereocenters. The zero-order valence-electron chi connectivity index (χ0n) is 19.7. The zero-order valence-corrected chi connectivity index (χ0v) is 20.5. The molecule has 2 fully saturated rings. The van der Waals surface area contributed by atoms with Crippen LogP contribution in [-0.2, 0) is 6.42 Å². The van der Waals surface area contributed by atoms with E-state index in [1.807, 2.05) is 12.1 Å². The molecule has 0 spiro atoms. The first-order chi connectivity index (χ1) is 15.7. The van der Waals surface area contributed by atoms with Crippen LogP contribution in [0, 0.1) is 5.92 Å². The Balaban J connectivity index is 1.27. The fourth-order valence-electron chi connectivity index (χ4n) is 5.48. The molecule has 1 atom stereocenters. The van der Waals surface area contributed by atoms with Crippen LogP contribution >= 0.6 is 11.8 Å². The predicted octanol–water partition coefficient (Wildman–Crippen LogP) is 7.05. The molecule has 32 heavy (non-hydrogen) atoms. The Morgan fingerprint density at radius 2 is 1.56 bits per heavy atom. The van der Waals surface area contributed by atoms with E-state index in [-0.39, 0.29) is 11.9 Å². The average Bonchev–Trinajstić information content (AvgIpc) is 3.33. The minimum absolute atomic E-state index is 0.0193. The molecule has 0 aromatic heterocycles. The van der Waals surface area contributed by atoms with Crippen LogP contribution in [0.4, 0.5) is 0 Å². The van der Waals surface area contributed by atoms with Crippen molar-refractivity contribution in [3.05, 3.63) is 35.4 Å². The van der Waals surface area contributed by atoms with E-state index in [0.29, 0.717) is 12.4 Å². The van der Waals surface area contributed by atoms with Crippen LogP contribution in [0.3, 0.4) is 0 Å². The van der Waals surface area contributed by atoms with Gasteiger partial charge in [0.25, 0.3) is 5.91 Å². The van der Waals surface area contributed by atoms with Crippen LogP contribution in [0.1, 0.15) is 112 Å². The summed E-state index contributed by atoms with van der Waals surface area (Å²) in [5.74, 6) is 1.39. The second kappa shape index (κ2) is 13.9. The highest BCUT2D eigenvalue weighted by molar-refractivity contribution is 6.20. The van der Waals surface area contributed by atoms with Gasteiger partial charge in [0.1, 0.15) is 5.84 Å². The van der Waals surface area contributed by atoms with Crippen molar-refractivity contribution in [2.45, 2.75) is 109 Å². The van der Waals surface area contributed by atoms with Crippen LogP contribution < -0.4 is 5.73 Å². The van der Waals surface area contributed by atoms with Gasteiger partial charge in [0.15, 0.2) is 0 Å². The number of carbonyl (C=O) groups is 1. The van der Waals surface area contributed by atoms with Crippen molar-refractivity contribution in [1.29, 1.82) is 0 Å². The normalized spacial score (nSPS) is 20.1. The van der Waals surface area contributed by atoms with Crippen LogP contribution in [0.25, 0.3) is 0 Å². The number of nitrogens with two attached hydrogens (primary N) is 1. The van der Waals surface area contributed by atoms with E-state index in [2.05, 4.69) is 16.6 Å². The summed E-state index contributed by atoms with van der Waals surface area (Å²) in [6.45, 7) is 0.707. The number of amidine groups is 1. The second-order valence-corrected chi connectivity index (χ2v) is 10.0. The van der Waals surface area contributed by atoms with E-state index >= 15 is 0 Å². The van der Waals surface area contributed by atoms with Crippen molar-refractivity contribution in [1.82, 2.24) is 4.90 Å². The SMILES string of the molecule is N/C(=N/Cl)[C@@H]1CCCN1C(=O)c1ccc(CCCCCCCCCC2CCCCC2)cc1. The summed E-state index contributed by atoms with van der Waals surface area (Å²) >= 11 is 5.53. The van der Waals surface area contributed by atoms with Gasteiger partial charge in [-0.1, -0.05) is 89.2 Å². The third kappa shape index (κ3) is 7.79. The smallest absolute Gasteiger partial charge is 0.254 e. The molecular weight excluding hydrogens is 418 g/mol. The fourth-order valence-corrected chi connectivity index (χ4v) is 5.59. The van der Waals surface area contributed by atoms with E-state index < -0.39 is 0 Å². The highest BCUT2D eigenvalue weighted by Crippen LogP contribution is 2.28. The van der Waals surface area contributed by atoms with Gasteiger partial charge in [0, 0.05) is 23.9 Å². The Hall–Kier alpha value is -1.55. The number of unbranched alkanes of at least 4 members (excludes halogenated alkanes) is 6. The summed E-state index contributed by atoms with van der Waals surface area (Å²) in [5.41, 5.74) is 7.91. The summed E-state index contributed by atoms with van der Waals surface area (Å²) in [7, 11) is 0. The van der Waals surface area contributed by atoms with E-state index in [9.17, 15) is 4.79 Å². The van der Waals surface area contributed by atoms with Crippen molar-refractivity contribution in [3.63, 3.8) is 0 Å². The minimum Gasteiger partial charge on any atom is -0.384 e. The molecule has 178 valence electrons. The Kier molecular flexibility index (Phi) is 10.9. The van der Waals surface area contributed by atoms with Crippen molar-refractivity contribution >= 4 is 23.5 Å². The molecule has 1 aliphatic heterocycles. The van der Waals surface area contributed by atoms with E-state index in [0.717, 1.165) is 30.7 Å². The monoisotopic (exact) mass is 459 g/mol. The molecule has 1 aromatic carbocycles. The van der Waals surface area contributed by atoms with Crippen LogP contribution in [0.5, 0.6) is 0 Å². The van der Waals surface area contributed by atoms with Crippen molar-refractivity contribution < 1.29 is 4.79 Å². The maximum absolute atomic E-state index is 12.9. The molecule has 4 nitrogen and oxygen atoms in total. The standard InChI is InChI=1S/C27H42ClN3O/c28-30-26(29)25-16-11-21-31(25)27(32)24-19-17-23(18-20-24)15-8-5-3-1-2-4-7-12-22-13-9-6-10-14-22/h17-20,22,25H,1-16,21H2,(H2,29,30)/t25-/m0/s1. The first-order valence-corrected chi connectivity index (χ1v) is 13.4. The molecule has 1 saturated heterocycles. The van der Waals surface area contributed by atoms with Gasteiger partial charge >= 0.3 is 0 Å². The van der Waals surface area contributed by atoms with E-state index in [1.165, 1.54) is 89.0 Å². The van der Waals surface area contributed by atoms with Gasteiger partial charge in [-0.25, -0.2) is 0 Å². The van der Waals surface area contributed by atoms with Crippen LogP contribution in [0.15, 0.2) is 28.8 Å². The molecule has 1 aliphatic carbocycles. The predicted molar refractivity (Wildman–Crippen MR) is 135 cm³/mol. The Labute approximate surface area is 200 Å². The number of aryl methyl sites for hydroxylation is 1. The summed E-state index contributed by atoms with van der Waals surface area (Å²) in [6.07, 6.45) is 21.3. The Bertz CT molecular complexity index is 712. The molecule has 0 radical (unpaired) electrons. The number of halogens is 1. The Morgan fingerprint density at radius 1 is 0.906 bits per heavy atom. The summed E-state index contributed by atoms with van der Waals surface area (Å²) < 4.78 is 3.57. The van der Waals surface area contributed by atoms with Crippen LogP contribution in [-0.4, -0.2) is 29.2 Å². The molecule has 5 heteroatoms. The molecule has 1 amide bonds. The van der Waals surface area contributed by atoms with Gasteiger partial charge in [-0.15, -0.1) is 0 Å². The third-order valence-corrected chi connectivity index (χ3v) is 7.65. The van der Waals surface area contributed by atoms with E-state index in [1.54, 1.807) is 4.90 Å². The molecule has 3 rings (SSSR count). The summed E-state index contributed by atoms with van der Waals surface area (Å²) in [4.78, 5) is 14.7. The highest BCUT2D eigenvalue weighted by Gasteiger charge is 2.32. The molecular formula is C27H42ClN3O. The first kappa shape index (κ1) is 25.1. The van der Waals surface area contributed by atoms with Crippen molar-refractivity contribution in [2.24, 2.45) is 16.2 Å². The quantitative estimate of drug-likeness (QED) is 0.207. The number of benzene rings is 1. The number of amides is 1. The maximum atomic E-state index is 12.9. The molecule has 1 heterocycles. The third-order valence-electron chi connectivity index (χ3n) is 7.46. The lowest BCUT2D eigenvalue weighted by molar-refractivity contribution is 0.0769. The number of hydrogen-bond acceptors (Lipinski definition) is 2. The number of carbonyl (C=O) groups excluding carboxylic acids is 1. The zero-order chi connectivity index (χ0) is 22.6. The van der Waals surface area contributed by atoms with Gasteiger partial charge in [0.2, 0.25) is 0 Å². The van der Waals surface area contributed by atoms with Crippen LogP contribution in [0.2, 0.25) is 0 Å². The maximum Gasteiger partial charge on any atom is 0.254 e. The Morgan fingerprint density at radius 3 is 2.25 bits per heavy atom. The summed E-state index contributed by atoms with van der Waals surface area (Å²) in [6, 6.07) is 7.93.